The zero-order valence-electron chi connectivity index (χ0n) is 20.9. The maximum absolute atomic E-state index is 13.0. The number of rotatable bonds is 9. The second-order valence-electron chi connectivity index (χ2n) is 10.1. The lowest BCUT2D eigenvalue weighted by Crippen LogP contribution is -2.38. The number of nitrogens with one attached hydrogen (secondary N) is 1. The Bertz CT molecular complexity index is 1080. The zero-order valence-corrected chi connectivity index (χ0v) is 20.9. The molecule has 6 heteroatoms. The molecule has 6 nitrogen and oxygen atoms in total. The summed E-state index contributed by atoms with van der Waals surface area (Å²) in [6.07, 6.45) is 1.40. The molecule has 3 aromatic rings. The third-order valence-corrected chi connectivity index (χ3v) is 5.60. The summed E-state index contributed by atoms with van der Waals surface area (Å²) in [5.74, 6) is 0.600. The molecule has 1 aromatic heterocycles. The highest BCUT2D eigenvalue weighted by molar-refractivity contribution is 5.94. The van der Waals surface area contributed by atoms with Crippen molar-refractivity contribution in [2.45, 2.75) is 47.5 Å². The predicted octanol–water partition coefficient (Wildman–Crippen LogP) is 5.79. The summed E-state index contributed by atoms with van der Waals surface area (Å²) >= 11 is 0. The lowest BCUT2D eigenvalue weighted by atomic mass is 9.84. The number of benzene rings is 2. The molecule has 0 saturated heterocycles. The average molecular weight is 461 g/mol. The van der Waals surface area contributed by atoms with Crippen molar-refractivity contribution in [3.05, 3.63) is 66.7 Å². The summed E-state index contributed by atoms with van der Waals surface area (Å²) in [6, 6.07) is 21.4. The fourth-order valence-corrected chi connectivity index (χ4v) is 4.26. The van der Waals surface area contributed by atoms with Gasteiger partial charge in [0.2, 0.25) is 11.8 Å². The van der Waals surface area contributed by atoms with Gasteiger partial charge < -0.3 is 10.2 Å². The molecular formula is C28H36N4O2. The zero-order chi connectivity index (χ0) is 24.7. The average Bonchev–Trinajstić information content (AvgIpc) is 3.21. The van der Waals surface area contributed by atoms with E-state index in [9.17, 15) is 9.59 Å². The molecule has 1 heterocycles. The second kappa shape index (κ2) is 11.1. The Hall–Kier alpha value is -3.41. The van der Waals surface area contributed by atoms with Crippen LogP contribution >= 0.6 is 0 Å². The van der Waals surface area contributed by atoms with Crippen molar-refractivity contribution in [3.8, 4) is 16.9 Å². The monoisotopic (exact) mass is 460 g/mol. The maximum atomic E-state index is 13.0. The molecule has 0 aliphatic heterocycles. The Balaban J connectivity index is 1.75. The van der Waals surface area contributed by atoms with Crippen molar-refractivity contribution in [1.82, 2.24) is 14.7 Å². The van der Waals surface area contributed by atoms with E-state index in [1.54, 1.807) is 9.58 Å². The number of anilines is 1. The molecule has 0 radical (unpaired) electrons. The van der Waals surface area contributed by atoms with Crippen LogP contribution in [0.15, 0.2) is 66.7 Å². The van der Waals surface area contributed by atoms with Gasteiger partial charge >= 0.3 is 0 Å². The minimum absolute atomic E-state index is 0.0101. The number of carbonyl (C=O) groups is 2. The Morgan fingerprint density at radius 1 is 1.03 bits per heavy atom. The summed E-state index contributed by atoms with van der Waals surface area (Å²) < 4.78 is 1.73. The molecular weight excluding hydrogens is 424 g/mol. The summed E-state index contributed by atoms with van der Waals surface area (Å²) in [6.45, 7) is 11.0. The highest BCUT2D eigenvalue weighted by Gasteiger charge is 2.22. The van der Waals surface area contributed by atoms with Crippen LogP contribution in [0.1, 0.15) is 47.5 Å². The van der Waals surface area contributed by atoms with Gasteiger partial charge in [-0.15, -0.1) is 0 Å². The van der Waals surface area contributed by atoms with Crippen molar-refractivity contribution in [3.63, 3.8) is 0 Å². The van der Waals surface area contributed by atoms with E-state index in [4.69, 9.17) is 5.10 Å². The van der Waals surface area contributed by atoms with Crippen LogP contribution < -0.4 is 5.32 Å². The summed E-state index contributed by atoms with van der Waals surface area (Å²) in [4.78, 5) is 27.5. The topological polar surface area (TPSA) is 67.2 Å². The van der Waals surface area contributed by atoms with E-state index >= 15 is 0 Å². The molecule has 2 aromatic carbocycles. The molecule has 0 aliphatic rings. The van der Waals surface area contributed by atoms with Gasteiger partial charge in [0.1, 0.15) is 5.82 Å². The van der Waals surface area contributed by atoms with E-state index < -0.39 is 0 Å². The molecule has 1 unspecified atom stereocenters. The van der Waals surface area contributed by atoms with Crippen molar-refractivity contribution < 1.29 is 9.59 Å². The van der Waals surface area contributed by atoms with Gasteiger partial charge in [-0.1, -0.05) is 76.2 Å². The lowest BCUT2D eigenvalue weighted by Gasteiger charge is -2.26. The van der Waals surface area contributed by atoms with Crippen LogP contribution in [0.5, 0.6) is 0 Å². The van der Waals surface area contributed by atoms with Crippen LogP contribution in [0.2, 0.25) is 0 Å². The first-order valence-corrected chi connectivity index (χ1v) is 11.9. The molecule has 1 atom stereocenters. The first kappa shape index (κ1) is 25.2. The molecule has 1 N–H and O–H groups in total. The number of carbonyl (C=O) groups excluding carboxylic acids is 2. The van der Waals surface area contributed by atoms with Gasteiger partial charge in [-0.2, -0.15) is 5.10 Å². The van der Waals surface area contributed by atoms with E-state index in [1.807, 2.05) is 73.7 Å². The Kier molecular flexibility index (Phi) is 8.26. The number of para-hydroxylation sites is 1. The molecule has 0 aliphatic carbocycles. The van der Waals surface area contributed by atoms with Gasteiger partial charge in [-0.05, 0) is 36.8 Å². The van der Waals surface area contributed by atoms with Crippen LogP contribution in [0.25, 0.3) is 16.9 Å². The van der Waals surface area contributed by atoms with Crippen molar-refractivity contribution in [2.75, 3.05) is 18.4 Å². The van der Waals surface area contributed by atoms with Crippen LogP contribution in [-0.4, -0.2) is 39.6 Å². The van der Waals surface area contributed by atoms with Crippen molar-refractivity contribution in [2.24, 2.45) is 11.3 Å². The van der Waals surface area contributed by atoms with E-state index in [2.05, 4.69) is 33.0 Å². The number of likely N-dealkylation sites (N-methyl/N-ethyl adjacent to an activating group) is 1. The van der Waals surface area contributed by atoms with E-state index in [0.29, 0.717) is 18.8 Å². The molecule has 0 spiro atoms. The van der Waals surface area contributed by atoms with E-state index in [0.717, 1.165) is 23.4 Å². The molecule has 0 fully saturated rings. The Morgan fingerprint density at radius 2 is 1.65 bits per heavy atom. The Morgan fingerprint density at radius 3 is 2.24 bits per heavy atom. The van der Waals surface area contributed by atoms with Crippen LogP contribution in [-0.2, 0) is 9.59 Å². The molecule has 0 saturated carbocycles. The largest absolute Gasteiger partial charge is 0.334 e. The molecule has 34 heavy (non-hydrogen) atoms. The first-order valence-electron chi connectivity index (χ1n) is 11.9. The first-order chi connectivity index (χ1) is 16.2. The van der Waals surface area contributed by atoms with Gasteiger partial charge in [-0.3, -0.25) is 9.59 Å². The van der Waals surface area contributed by atoms with Gasteiger partial charge in [0, 0.05) is 24.6 Å². The van der Waals surface area contributed by atoms with Gasteiger partial charge in [0.05, 0.1) is 17.9 Å². The van der Waals surface area contributed by atoms with Crippen LogP contribution in [0.3, 0.4) is 0 Å². The highest BCUT2D eigenvalue weighted by atomic mass is 16.2. The molecule has 0 bridgehead atoms. The fraction of sp³-hybridized carbons (Fsp3) is 0.393. The minimum atomic E-state index is -0.240. The number of aromatic nitrogens is 2. The lowest BCUT2D eigenvalue weighted by molar-refractivity contribution is -0.135. The maximum Gasteiger partial charge on any atom is 0.245 e. The number of nitrogens with zero attached hydrogens (tertiary/aromatic N) is 3. The minimum Gasteiger partial charge on any atom is -0.334 e. The normalized spacial score (nSPS) is 12.3. The van der Waals surface area contributed by atoms with Crippen molar-refractivity contribution >= 4 is 17.6 Å². The second-order valence-corrected chi connectivity index (χ2v) is 10.1. The SMILES string of the molecule is CCN(CC(=O)Nc1cc(-c2ccccc2)nn1-c1ccccc1)C(=O)CC(C)CC(C)(C)C. The molecule has 180 valence electrons. The molecule has 2 amide bonds. The van der Waals surface area contributed by atoms with Gasteiger partial charge in [0.25, 0.3) is 0 Å². The summed E-state index contributed by atoms with van der Waals surface area (Å²) in [7, 11) is 0. The molecule has 3 rings (SSSR count). The summed E-state index contributed by atoms with van der Waals surface area (Å²) in [5.41, 5.74) is 2.74. The summed E-state index contributed by atoms with van der Waals surface area (Å²) in [5, 5.41) is 7.71. The standard InChI is InChI=1S/C28H36N4O2/c1-6-31(27(34)17-21(2)19-28(3,4)5)20-26(33)29-25-18-24(22-13-9-7-10-14-22)30-32(25)23-15-11-8-12-16-23/h7-16,18,21H,6,17,19-20H2,1-5H3,(H,29,33). The van der Waals surface area contributed by atoms with E-state index in [-0.39, 0.29) is 29.7 Å². The fourth-order valence-electron chi connectivity index (χ4n) is 4.26. The van der Waals surface area contributed by atoms with E-state index in [1.165, 1.54) is 0 Å². The number of amides is 2. The smallest absolute Gasteiger partial charge is 0.245 e. The van der Waals surface area contributed by atoms with Crippen LogP contribution in [0, 0.1) is 11.3 Å². The van der Waals surface area contributed by atoms with Crippen molar-refractivity contribution in [1.29, 1.82) is 0 Å². The van der Waals surface area contributed by atoms with Crippen LogP contribution in [0.4, 0.5) is 5.82 Å². The quantitative estimate of drug-likeness (QED) is 0.440. The van der Waals surface area contributed by atoms with Gasteiger partial charge in [-0.25, -0.2) is 4.68 Å². The highest BCUT2D eigenvalue weighted by Crippen LogP contribution is 2.27. The Labute approximate surface area is 203 Å². The van der Waals surface area contributed by atoms with Gasteiger partial charge in [0.15, 0.2) is 0 Å². The predicted molar refractivity (Wildman–Crippen MR) is 138 cm³/mol. The third kappa shape index (κ3) is 7.04. The number of hydrogen-bond acceptors (Lipinski definition) is 3. The third-order valence-electron chi connectivity index (χ3n) is 5.60. The number of hydrogen-bond donors (Lipinski definition) is 1.